The number of sulfonamides is 1. The van der Waals surface area contributed by atoms with Gasteiger partial charge in [0.05, 0.1) is 18.0 Å². The Hall–Kier alpha value is -2.75. The summed E-state index contributed by atoms with van der Waals surface area (Å²) in [5, 5.41) is 4.42. The lowest BCUT2D eigenvalue weighted by molar-refractivity contribution is -0.130. The van der Waals surface area contributed by atoms with Gasteiger partial charge in [0, 0.05) is 24.7 Å². The largest absolute Gasteiger partial charge is 0.337 e. The smallest absolute Gasteiger partial charge is 0.246 e. The lowest BCUT2D eigenvalue weighted by Gasteiger charge is -2.20. The van der Waals surface area contributed by atoms with Gasteiger partial charge in [0.15, 0.2) is 0 Å². The van der Waals surface area contributed by atoms with Crippen LogP contribution in [0.25, 0.3) is 11.4 Å². The number of rotatable bonds is 7. The molecule has 2 aromatic carbocycles. The number of amides is 1. The fourth-order valence-corrected chi connectivity index (χ4v) is 4.28. The van der Waals surface area contributed by atoms with Crippen LogP contribution in [0, 0.1) is 0 Å². The highest BCUT2D eigenvalue weighted by Gasteiger charge is 2.25. The van der Waals surface area contributed by atoms with Gasteiger partial charge in [-0.25, -0.2) is 8.42 Å². The molecule has 1 heterocycles. The standard InChI is InChI=1S/C23H27ClN4O4S/c1-23(2,3)17-8-6-16(7-9-17)22-25-20(32-26-22)14-27(4)21(29)15-28(5)33(30,31)19-12-10-18(24)11-13-19/h6-13H,14-15H2,1-5H3. The third-order valence-electron chi connectivity index (χ3n) is 5.16. The second-order valence-electron chi connectivity index (χ2n) is 8.80. The molecule has 0 aliphatic heterocycles. The third-order valence-corrected chi connectivity index (χ3v) is 7.22. The number of halogens is 1. The van der Waals surface area contributed by atoms with Gasteiger partial charge < -0.3 is 9.42 Å². The molecule has 0 bridgehead atoms. The van der Waals surface area contributed by atoms with Gasteiger partial charge in [0.2, 0.25) is 27.6 Å². The van der Waals surface area contributed by atoms with Gasteiger partial charge in [0.25, 0.3) is 0 Å². The first kappa shape index (κ1) is 24.9. The lowest BCUT2D eigenvalue weighted by Crippen LogP contribution is -2.39. The second-order valence-corrected chi connectivity index (χ2v) is 11.3. The van der Waals surface area contributed by atoms with Crippen molar-refractivity contribution in [2.75, 3.05) is 20.6 Å². The summed E-state index contributed by atoms with van der Waals surface area (Å²) in [6.07, 6.45) is 0. The Morgan fingerprint density at radius 2 is 1.64 bits per heavy atom. The maximum atomic E-state index is 12.7. The van der Waals surface area contributed by atoms with Crippen LogP contribution in [0.15, 0.2) is 57.9 Å². The van der Waals surface area contributed by atoms with Crippen molar-refractivity contribution in [3.8, 4) is 11.4 Å². The molecular formula is C23H27ClN4O4S. The minimum atomic E-state index is -3.83. The fraction of sp³-hybridized carbons (Fsp3) is 0.348. The van der Waals surface area contributed by atoms with E-state index in [1.807, 2.05) is 24.3 Å². The molecule has 1 amide bonds. The normalized spacial score (nSPS) is 12.2. The predicted molar refractivity (Wildman–Crippen MR) is 126 cm³/mol. The van der Waals surface area contributed by atoms with Crippen molar-refractivity contribution in [1.29, 1.82) is 0 Å². The Morgan fingerprint density at radius 3 is 2.21 bits per heavy atom. The van der Waals surface area contributed by atoms with Crippen LogP contribution >= 0.6 is 11.6 Å². The SMILES string of the molecule is CN(Cc1nc(-c2ccc(C(C)(C)C)cc2)no1)C(=O)CN(C)S(=O)(=O)c1ccc(Cl)cc1. The molecule has 0 fully saturated rings. The zero-order valence-electron chi connectivity index (χ0n) is 19.2. The first-order chi connectivity index (χ1) is 15.4. The molecule has 3 rings (SSSR count). The van der Waals surface area contributed by atoms with E-state index in [2.05, 4.69) is 30.9 Å². The molecule has 0 spiro atoms. The molecule has 0 atom stereocenters. The van der Waals surface area contributed by atoms with E-state index in [0.717, 1.165) is 9.87 Å². The van der Waals surface area contributed by atoms with E-state index in [9.17, 15) is 13.2 Å². The number of hydrogen-bond donors (Lipinski definition) is 0. The Morgan fingerprint density at radius 1 is 1.03 bits per heavy atom. The summed E-state index contributed by atoms with van der Waals surface area (Å²) in [5.74, 6) is 0.266. The molecule has 33 heavy (non-hydrogen) atoms. The number of carbonyl (C=O) groups is 1. The van der Waals surface area contributed by atoms with Gasteiger partial charge in [-0.05, 0) is 35.2 Å². The quantitative estimate of drug-likeness (QED) is 0.497. The monoisotopic (exact) mass is 490 g/mol. The van der Waals surface area contributed by atoms with E-state index in [1.54, 1.807) is 7.05 Å². The lowest BCUT2D eigenvalue weighted by atomic mass is 9.87. The van der Waals surface area contributed by atoms with Crippen LogP contribution in [0.5, 0.6) is 0 Å². The van der Waals surface area contributed by atoms with Crippen molar-refractivity contribution >= 4 is 27.5 Å². The van der Waals surface area contributed by atoms with Gasteiger partial charge in [-0.1, -0.05) is 61.8 Å². The number of nitrogens with zero attached hydrogens (tertiary/aromatic N) is 4. The van der Waals surface area contributed by atoms with Crippen molar-refractivity contribution in [3.05, 3.63) is 65.0 Å². The Labute approximate surface area is 199 Å². The molecule has 0 aliphatic carbocycles. The van der Waals surface area contributed by atoms with Gasteiger partial charge >= 0.3 is 0 Å². The summed E-state index contributed by atoms with van der Waals surface area (Å²) < 4.78 is 31.6. The summed E-state index contributed by atoms with van der Waals surface area (Å²) in [6, 6.07) is 13.7. The molecule has 3 aromatic rings. The number of carbonyl (C=O) groups excluding carboxylic acids is 1. The highest BCUT2D eigenvalue weighted by molar-refractivity contribution is 7.89. The average molecular weight is 491 g/mol. The van der Waals surface area contributed by atoms with Crippen LogP contribution in [-0.4, -0.2) is 54.3 Å². The summed E-state index contributed by atoms with van der Waals surface area (Å²) in [5.41, 5.74) is 2.04. The second kappa shape index (κ2) is 9.62. The maximum absolute atomic E-state index is 12.7. The minimum Gasteiger partial charge on any atom is -0.337 e. The number of benzene rings is 2. The van der Waals surface area contributed by atoms with Crippen molar-refractivity contribution in [2.24, 2.45) is 0 Å². The minimum absolute atomic E-state index is 0.0399. The molecule has 0 saturated carbocycles. The average Bonchev–Trinajstić information content (AvgIpc) is 3.22. The van der Waals surface area contributed by atoms with Crippen molar-refractivity contribution in [1.82, 2.24) is 19.3 Å². The Balaban J connectivity index is 1.63. The summed E-state index contributed by atoms with van der Waals surface area (Å²) in [4.78, 5) is 18.4. The van der Waals surface area contributed by atoms with Crippen LogP contribution in [0.2, 0.25) is 5.02 Å². The van der Waals surface area contributed by atoms with Crippen LogP contribution in [-0.2, 0) is 26.8 Å². The Kier molecular flexibility index (Phi) is 7.26. The third kappa shape index (κ3) is 5.98. The first-order valence-electron chi connectivity index (χ1n) is 10.3. The van der Waals surface area contributed by atoms with Crippen LogP contribution in [0.1, 0.15) is 32.2 Å². The molecule has 0 N–H and O–H groups in total. The predicted octanol–water partition coefficient (Wildman–Crippen LogP) is 3.97. The molecule has 1 aromatic heterocycles. The van der Waals surface area contributed by atoms with E-state index in [1.165, 1.54) is 41.8 Å². The van der Waals surface area contributed by atoms with Crippen molar-refractivity contribution < 1.29 is 17.7 Å². The molecule has 176 valence electrons. The van der Waals surface area contributed by atoms with Crippen molar-refractivity contribution in [2.45, 2.75) is 37.6 Å². The van der Waals surface area contributed by atoms with Gasteiger partial charge in [0.1, 0.15) is 0 Å². The number of aromatic nitrogens is 2. The molecule has 10 heteroatoms. The summed E-state index contributed by atoms with van der Waals surface area (Å²) in [6.45, 7) is 6.13. The van der Waals surface area contributed by atoms with E-state index < -0.39 is 15.9 Å². The zero-order valence-corrected chi connectivity index (χ0v) is 20.8. The fourth-order valence-electron chi connectivity index (χ4n) is 3.03. The topological polar surface area (TPSA) is 96.6 Å². The molecule has 0 radical (unpaired) electrons. The van der Waals surface area contributed by atoms with Gasteiger partial charge in [-0.2, -0.15) is 9.29 Å². The molecular weight excluding hydrogens is 464 g/mol. The van der Waals surface area contributed by atoms with Gasteiger partial charge in [-0.15, -0.1) is 0 Å². The Bertz CT molecular complexity index is 1220. The van der Waals surface area contributed by atoms with E-state index in [-0.39, 0.29) is 29.3 Å². The molecule has 0 saturated heterocycles. The van der Waals surface area contributed by atoms with Gasteiger partial charge in [-0.3, -0.25) is 4.79 Å². The van der Waals surface area contributed by atoms with E-state index in [4.69, 9.17) is 16.1 Å². The van der Waals surface area contributed by atoms with Crippen LogP contribution < -0.4 is 0 Å². The van der Waals surface area contributed by atoms with Crippen LogP contribution in [0.3, 0.4) is 0 Å². The highest BCUT2D eigenvalue weighted by Crippen LogP contribution is 2.25. The van der Waals surface area contributed by atoms with Crippen molar-refractivity contribution in [3.63, 3.8) is 0 Å². The zero-order chi connectivity index (χ0) is 24.4. The van der Waals surface area contributed by atoms with E-state index >= 15 is 0 Å². The maximum Gasteiger partial charge on any atom is 0.246 e. The highest BCUT2D eigenvalue weighted by atomic mass is 35.5. The molecule has 8 nitrogen and oxygen atoms in total. The number of likely N-dealkylation sites (N-methyl/N-ethyl adjacent to an activating group) is 2. The summed E-state index contributed by atoms with van der Waals surface area (Å²) in [7, 11) is -0.930. The first-order valence-corrected chi connectivity index (χ1v) is 12.1. The van der Waals surface area contributed by atoms with E-state index in [0.29, 0.717) is 10.8 Å². The van der Waals surface area contributed by atoms with Crippen LogP contribution in [0.4, 0.5) is 0 Å². The molecule has 0 aliphatic rings. The number of hydrogen-bond acceptors (Lipinski definition) is 6. The molecule has 0 unspecified atom stereocenters. The summed E-state index contributed by atoms with van der Waals surface area (Å²) >= 11 is 5.82.